The Kier molecular flexibility index (Phi) is 3.44. The van der Waals surface area contributed by atoms with Crippen LogP contribution in [0.3, 0.4) is 0 Å². The van der Waals surface area contributed by atoms with E-state index in [1.165, 1.54) is 6.42 Å². The molecule has 16 heavy (non-hydrogen) atoms. The number of aromatic nitrogens is 1. The maximum Gasteiger partial charge on any atom is 0.138 e. The molecule has 0 amide bonds. The minimum absolute atomic E-state index is 0.173. The summed E-state index contributed by atoms with van der Waals surface area (Å²) >= 11 is 0. The minimum atomic E-state index is 0.173. The lowest BCUT2D eigenvalue weighted by Gasteiger charge is -2.17. The number of ether oxygens (including phenoxy) is 1. The second-order valence-electron chi connectivity index (χ2n) is 4.82. The summed E-state index contributed by atoms with van der Waals surface area (Å²) in [5.74, 6) is 1.30. The molecule has 1 aromatic heterocycles. The van der Waals surface area contributed by atoms with Gasteiger partial charge in [-0.2, -0.15) is 0 Å². The van der Waals surface area contributed by atoms with Crippen LogP contribution in [0.4, 0.5) is 0 Å². The highest BCUT2D eigenvalue weighted by atomic mass is 16.5. The zero-order chi connectivity index (χ0) is 11.5. The summed E-state index contributed by atoms with van der Waals surface area (Å²) in [6.45, 7) is 4.27. The van der Waals surface area contributed by atoms with Crippen LogP contribution in [0.1, 0.15) is 44.7 Å². The van der Waals surface area contributed by atoms with Crippen molar-refractivity contribution in [2.24, 2.45) is 5.73 Å². The first-order valence-electron chi connectivity index (χ1n) is 6.05. The van der Waals surface area contributed by atoms with E-state index in [1.807, 2.05) is 12.1 Å². The third-order valence-electron chi connectivity index (χ3n) is 3.14. The van der Waals surface area contributed by atoms with E-state index in [0.717, 1.165) is 24.3 Å². The molecule has 2 N–H and O–H groups in total. The highest BCUT2D eigenvalue weighted by Gasteiger charge is 2.25. The Morgan fingerprint density at radius 2 is 2.19 bits per heavy atom. The van der Waals surface area contributed by atoms with Gasteiger partial charge in [0.2, 0.25) is 0 Å². The van der Waals surface area contributed by atoms with Crippen LogP contribution in [-0.4, -0.2) is 17.1 Å². The molecule has 1 aromatic rings. The van der Waals surface area contributed by atoms with Crippen LogP contribution >= 0.6 is 0 Å². The molecule has 1 fully saturated rings. The summed E-state index contributed by atoms with van der Waals surface area (Å²) < 4.78 is 5.83. The molecule has 2 rings (SSSR count). The fraction of sp³-hybridized carbons (Fsp3) is 0.615. The molecule has 1 aliphatic rings. The number of nitrogens with two attached hydrogens (primary N) is 1. The summed E-state index contributed by atoms with van der Waals surface area (Å²) in [4.78, 5) is 4.38. The quantitative estimate of drug-likeness (QED) is 0.851. The van der Waals surface area contributed by atoms with Crippen LogP contribution < -0.4 is 10.5 Å². The van der Waals surface area contributed by atoms with Crippen molar-refractivity contribution in [1.82, 2.24) is 4.98 Å². The van der Waals surface area contributed by atoms with Gasteiger partial charge in [-0.15, -0.1) is 0 Å². The number of rotatable bonds is 3. The molecular weight excluding hydrogens is 200 g/mol. The van der Waals surface area contributed by atoms with Gasteiger partial charge in [-0.05, 0) is 37.3 Å². The summed E-state index contributed by atoms with van der Waals surface area (Å²) in [7, 11) is 0. The summed E-state index contributed by atoms with van der Waals surface area (Å²) in [6, 6.07) is 4.21. The fourth-order valence-electron chi connectivity index (χ4n) is 2.08. The van der Waals surface area contributed by atoms with E-state index < -0.39 is 0 Å². The average molecular weight is 220 g/mol. The van der Waals surface area contributed by atoms with Crippen molar-refractivity contribution in [3.63, 3.8) is 0 Å². The van der Waals surface area contributed by atoms with Gasteiger partial charge in [-0.25, -0.2) is 0 Å². The van der Waals surface area contributed by atoms with Crippen molar-refractivity contribution in [3.8, 4) is 5.75 Å². The lowest BCUT2D eigenvalue weighted by molar-refractivity contribution is 0.191. The van der Waals surface area contributed by atoms with Crippen molar-refractivity contribution in [2.75, 3.05) is 0 Å². The second-order valence-corrected chi connectivity index (χ2v) is 4.82. The summed E-state index contributed by atoms with van der Waals surface area (Å²) in [6.07, 6.45) is 5.28. The zero-order valence-corrected chi connectivity index (χ0v) is 10.0. The summed E-state index contributed by atoms with van der Waals surface area (Å²) in [5, 5.41) is 0. The van der Waals surface area contributed by atoms with Crippen LogP contribution in [0, 0.1) is 0 Å². The molecule has 3 nitrogen and oxygen atoms in total. The number of nitrogens with zero attached hydrogens (tertiary/aromatic N) is 1. The zero-order valence-electron chi connectivity index (χ0n) is 10.0. The number of hydrogen-bond acceptors (Lipinski definition) is 3. The molecule has 1 heterocycles. The number of pyridine rings is 1. The maximum absolute atomic E-state index is 5.96. The molecule has 0 saturated heterocycles. The number of hydrogen-bond donors (Lipinski definition) is 1. The molecule has 1 aliphatic carbocycles. The molecule has 88 valence electrons. The van der Waals surface area contributed by atoms with Crippen molar-refractivity contribution in [1.29, 1.82) is 0 Å². The maximum atomic E-state index is 5.96. The Labute approximate surface area is 97.0 Å². The van der Waals surface area contributed by atoms with Gasteiger partial charge in [0.05, 0.1) is 6.20 Å². The standard InChI is InChI=1S/C13H20N2O/c1-9(2)12-7-6-10(8-15-12)16-13-5-3-4-11(13)14/h6-9,11,13H,3-5,14H2,1-2H3/t11-,13-/m1/s1. The van der Waals surface area contributed by atoms with Gasteiger partial charge in [0.1, 0.15) is 11.9 Å². The predicted octanol–water partition coefficient (Wildman–Crippen LogP) is 2.46. The molecule has 0 aliphatic heterocycles. The third kappa shape index (κ3) is 2.53. The van der Waals surface area contributed by atoms with Crippen molar-refractivity contribution < 1.29 is 4.74 Å². The van der Waals surface area contributed by atoms with Gasteiger partial charge in [0.25, 0.3) is 0 Å². The van der Waals surface area contributed by atoms with Crippen LogP contribution in [-0.2, 0) is 0 Å². The normalized spacial score (nSPS) is 25.0. The smallest absolute Gasteiger partial charge is 0.138 e. The second kappa shape index (κ2) is 4.83. The average Bonchev–Trinajstić information content (AvgIpc) is 2.65. The third-order valence-corrected chi connectivity index (χ3v) is 3.14. The first-order chi connectivity index (χ1) is 7.66. The Hall–Kier alpha value is -1.09. The molecule has 3 heteroatoms. The van der Waals surface area contributed by atoms with Crippen LogP contribution in [0.25, 0.3) is 0 Å². The minimum Gasteiger partial charge on any atom is -0.487 e. The van der Waals surface area contributed by atoms with Crippen LogP contribution in [0.5, 0.6) is 5.75 Å². The van der Waals surface area contributed by atoms with Crippen molar-refractivity contribution in [2.45, 2.75) is 51.2 Å². The first-order valence-corrected chi connectivity index (χ1v) is 6.05. The Bertz CT molecular complexity index is 334. The SMILES string of the molecule is CC(C)c1ccc(O[C@@H]2CCC[C@H]2N)cn1. The van der Waals surface area contributed by atoms with Crippen LogP contribution in [0.2, 0.25) is 0 Å². The van der Waals surface area contributed by atoms with Gasteiger partial charge in [-0.3, -0.25) is 4.98 Å². The highest BCUT2D eigenvalue weighted by Crippen LogP contribution is 2.23. The van der Waals surface area contributed by atoms with E-state index in [1.54, 1.807) is 6.20 Å². The predicted molar refractivity (Wildman–Crippen MR) is 64.6 cm³/mol. The first kappa shape index (κ1) is 11.4. The van der Waals surface area contributed by atoms with Gasteiger partial charge in [0.15, 0.2) is 0 Å². The Morgan fingerprint density at radius 3 is 2.69 bits per heavy atom. The van der Waals surface area contributed by atoms with E-state index >= 15 is 0 Å². The topological polar surface area (TPSA) is 48.1 Å². The van der Waals surface area contributed by atoms with Gasteiger partial charge >= 0.3 is 0 Å². The molecule has 0 aromatic carbocycles. The van der Waals surface area contributed by atoms with E-state index in [0.29, 0.717) is 5.92 Å². The lowest BCUT2D eigenvalue weighted by atomic mass is 10.1. The van der Waals surface area contributed by atoms with Gasteiger partial charge < -0.3 is 10.5 Å². The van der Waals surface area contributed by atoms with E-state index in [2.05, 4.69) is 18.8 Å². The Balaban J connectivity index is 1.99. The van der Waals surface area contributed by atoms with Gasteiger partial charge in [-0.1, -0.05) is 13.8 Å². The fourth-order valence-corrected chi connectivity index (χ4v) is 2.08. The molecule has 0 spiro atoms. The molecular formula is C13H20N2O. The van der Waals surface area contributed by atoms with E-state index in [9.17, 15) is 0 Å². The van der Waals surface area contributed by atoms with Crippen LogP contribution in [0.15, 0.2) is 18.3 Å². The highest BCUT2D eigenvalue weighted by molar-refractivity contribution is 5.21. The van der Waals surface area contributed by atoms with Gasteiger partial charge in [0, 0.05) is 11.7 Å². The lowest BCUT2D eigenvalue weighted by Crippen LogP contribution is -2.33. The van der Waals surface area contributed by atoms with E-state index in [-0.39, 0.29) is 12.1 Å². The largest absolute Gasteiger partial charge is 0.487 e. The molecule has 0 unspecified atom stereocenters. The Morgan fingerprint density at radius 1 is 1.38 bits per heavy atom. The summed E-state index contributed by atoms with van der Waals surface area (Å²) in [5.41, 5.74) is 7.06. The van der Waals surface area contributed by atoms with Crippen molar-refractivity contribution >= 4 is 0 Å². The van der Waals surface area contributed by atoms with Crippen molar-refractivity contribution in [3.05, 3.63) is 24.0 Å². The molecule has 0 bridgehead atoms. The molecule has 1 saturated carbocycles. The molecule has 2 atom stereocenters. The molecule has 0 radical (unpaired) electrons. The monoisotopic (exact) mass is 220 g/mol. The van der Waals surface area contributed by atoms with E-state index in [4.69, 9.17) is 10.5 Å².